The van der Waals surface area contributed by atoms with Gasteiger partial charge in [-0.1, -0.05) is 18.2 Å². The lowest BCUT2D eigenvalue weighted by atomic mass is 10.0. The first-order valence-electron chi connectivity index (χ1n) is 5.36. The third-order valence-corrected chi connectivity index (χ3v) is 3.89. The van der Waals surface area contributed by atoms with Gasteiger partial charge < -0.3 is 9.63 Å². The molecule has 1 unspecified atom stereocenters. The van der Waals surface area contributed by atoms with E-state index in [4.69, 9.17) is 18.7 Å². The second-order valence-electron chi connectivity index (χ2n) is 3.79. The Labute approximate surface area is 104 Å². The Morgan fingerprint density at radius 1 is 1.56 bits per heavy atom. The Hall–Kier alpha value is -1.36. The first kappa shape index (κ1) is 13.1. The summed E-state index contributed by atoms with van der Waals surface area (Å²) in [5, 5.41) is 8.68. The van der Waals surface area contributed by atoms with Gasteiger partial charge in [0.2, 0.25) is 0 Å². The van der Waals surface area contributed by atoms with Crippen molar-refractivity contribution in [2.75, 3.05) is 7.11 Å². The van der Waals surface area contributed by atoms with Gasteiger partial charge >= 0.3 is 13.8 Å². The lowest BCUT2D eigenvalue weighted by Gasteiger charge is -2.25. The van der Waals surface area contributed by atoms with E-state index in [9.17, 15) is 9.36 Å². The number of hydrogen-bond acceptors (Lipinski definition) is 5. The highest BCUT2D eigenvalue weighted by molar-refractivity contribution is 7.49. The molecular weight excluding hydrogens is 259 g/mol. The minimum absolute atomic E-state index is 0.0159. The maximum absolute atomic E-state index is 11.9. The number of aryl methyl sites for hydroxylation is 1. The normalized spacial score (nSPS) is 22.1. The molecule has 0 saturated carbocycles. The number of fused-ring (bicyclic) bond motifs is 1. The molecule has 2 rings (SSSR count). The molecule has 0 radical (unpaired) electrons. The van der Waals surface area contributed by atoms with Crippen LogP contribution in [0.2, 0.25) is 0 Å². The zero-order valence-corrected chi connectivity index (χ0v) is 10.7. The highest BCUT2D eigenvalue weighted by Gasteiger charge is 2.33. The molecule has 0 saturated heterocycles. The molecule has 1 N–H and O–H groups in total. The van der Waals surface area contributed by atoms with Crippen LogP contribution in [0.4, 0.5) is 0 Å². The van der Waals surface area contributed by atoms with Gasteiger partial charge in [-0.25, -0.2) is 4.57 Å². The number of benzene rings is 1. The highest BCUT2D eigenvalue weighted by Crippen LogP contribution is 2.54. The monoisotopic (exact) mass is 272 g/mol. The Morgan fingerprint density at radius 2 is 2.33 bits per heavy atom. The van der Waals surface area contributed by atoms with Crippen LogP contribution in [0.3, 0.4) is 0 Å². The first-order valence-corrected chi connectivity index (χ1v) is 6.82. The fourth-order valence-corrected chi connectivity index (χ4v) is 2.67. The number of carbonyl (C=O) groups is 1. The third kappa shape index (κ3) is 2.72. The second-order valence-corrected chi connectivity index (χ2v) is 5.49. The summed E-state index contributed by atoms with van der Waals surface area (Å²) in [5.74, 6) is -0.482. The molecule has 1 aliphatic rings. The molecule has 1 aromatic rings. The van der Waals surface area contributed by atoms with Crippen molar-refractivity contribution in [3.8, 4) is 5.75 Å². The predicted molar refractivity (Wildman–Crippen MR) is 62.4 cm³/mol. The summed E-state index contributed by atoms with van der Waals surface area (Å²) in [4.78, 5) is 10.6. The van der Waals surface area contributed by atoms with Gasteiger partial charge in [-0.05, 0) is 12.0 Å². The minimum Gasteiger partial charge on any atom is -0.481 e. The van der Waals surface area contributed by atoms with Crippen LogP contribution in [0.1, 0.15) is 17.5 Å². The summed E-state index contributed by atoms with van der Waals surface area (Å²) in [6.07, 6.45) is 0.292. The molecule has 0 aromatic heterocycles. The van der Waals surface area contributed by atoms with Crippen molar-refractivity contribution in [1.82, 2.24) is 0 Å². The van der Waals surface area contributed by atoms with E-state index >= 15 is 0 Å². The third-order valence-electron chi connectivity index (χ3n) is 2.59. The van der Waals surface area contributed by atoms with E-state index < -0.39 is 13.8 Å². The molecule has 0 spiro atoms. The van der Waals surface area contributed by atoms with Crippen LogP contribution in [-0.4, -0.2) is 18.2 Å². The summed E-state index contributed by atoms with van der Waals surface area (Å²) >= 11 is 0. The summed E-state index contributed by atoms with van der Waals surface area (Å²) in [5.41, 5.74) is 1.43. The van der Waals surface area contributed by atoms with Gasteiger partial charge in [-0.2, -0.15) is 0 Å². The van der Waals surface area contributed by atoms with E-state index in [-0.39, 0.29) is 13.0 Å². The van der Waals surface area contributed by atoms with Crippen molar-refractivity contribution in [1.29, 1.82) is 0 Å². The summed E-state index contributed by atoms with van der Waals surface area (Å²) in [6, 6.07) is 5.30. The van der Waals surface area contributed by atoms with Crippen LogP contribution in [-0.2, 0) is 31.4 Å². The zero-order chi connectivity index (χ0) is 13.2. The largest absolute Gasteiger partial charge is 0.530 e. The SMILES string of the molecule is COP1(=O)OCc2cccc(CCC(=O)O)c2O1. The molecule has 98 valence electrons. The maximum atomic E-state index is 11.9. The Morgan fingerprint density at radius 3 is 3.00 bits per heavy atom. The van der Waals surface area contributed by atoms with Crippen LogP contribution < -0.4 is 4.52 Å². The predicted octanol–water partition coefficient (Wildman–Crippen LogP) is 2.37. The molecule has 1 aromatic carbocycles. The summed E-state index contributed by atoms with van der Waals surface area (Å²) in [7, 11) is -2.31. The van der Waals surface area contributed by atoms with E-state index in [0.29, 0.717) is 17.7 Å². The molecule has 1 aliphatic heterocycles. The molecule has 1 atom stereocenters. The van der Waals surface area contributed by atoms with E-state index in [0.717, 1.165) is 5.56 Å². The average Bonchev–Trinajstić information content (AvgIpc) is 2.36. The molecular formula is C11H13O6P. The van der Waals surface area contributed by atoms with Crippen molar-refractivity contribution in [3.05, 3.63) is 29.3 Å². The first-order chi connectivity index (χ1) is 8.54. The number of carboxylic acid groups (broad SMARTS) is 1. The number of aliphatic carboxylic acids is 1. The van der Waals surface area contributed by atoms with Crippen LogP contribution >= 0.6 is 7.82 Å². The van der Waals surface area contributed by atoms with Gasteiger partial charge in [0, 0.05) is 19.1 Å². The van der Waals surface area contributed by atoms with Gasteiger partial charge in [0.1, 0.15) is 5.75 Å². The summed E-state index contributed by atoms with van der Waals surface area (Å²) < 4.78 is 26.8. The van der Waals surface area contributed by atoms with E-state index in [1.54, 1.807) is 18.2 Å². The van der Waals surface area contributed by atoms with Crippen LogP contribution in [0.15, 0.2) is 18.2 Å². The van der Waals surface area contributed by atoms with Gasteiger partial charge in [0.15, 0.2) is 0 Å². The molecule has 0 amide bonds. The van der Waals surface area contributed by atoms with Gasteiger partial charge in [0.25, 0.3) is 0 Å². The molecule has 7 heteroatoms. The van der Waals surface area contributed by atoms with E-state index in [2.05, 4.69) is 0 Å². The van der Waals surface area contributed by atoms with Crippen LogP contribution in [0.5, 0.6) is 5.75 Å². The molecule has 0 fully saturated rings. The van der Waals surface area contributed by atoms with Gasteiger partial charge in [-0.3, -0.25) is 13.8 Å². The lowest BCUT2D eigenvalue weighted by molar-refractivity contribution is -0.136. The smallest absolute Gasteiger partial charge is 0.481 e. The second kappa shape index (κ2) is 5.10. The number of carboxylic acids is 1. The zero-order valence-electron chi connectivity index (χ0n) is 9.79. The average molecular weight is 272 g/mol. The number of phosphoric acid groups is 1. The number of rotatable bonds is 4. The highest BCUT2D eigenvalue weighted by atomic mass is 31.2. The Kier molecular flexibility index (Phi) is 3.71. The van der Waals surface area contributed by atoms with Gasteiger partial charge in [-0.15, -0.1) is 0 Å². The van der Waals surface area contributed by atoms with E-state index in [1.807, 2.05) is 0 Å². The van der Waals surface area contributed by atoms with Crippen molar-refractivity contribution in [2.45, 2.75) is 19.4 Å². The van der Waals surface area contributed by atoms with Crippen LogP contribution in [0, 0.1) is 0 Å². The number of phosphoric ester groups is 1. The lowest BCUT2D eigenvalue weighted by Crippen LogP contribution is -2.11. The molecule has 1 heterocycles. The quantitative estimate of drug-likeness (QED) is 0.847. The van der Waals surface area contributed by atoms with Crippen molar-refractivity contribution < 1.29 is 28.0 Å². The van der Waals surface area contributed by atoms with E-state index in [1.165, 1.54) is 7.11 Å². The topological polar surface area (TPSA) is 82.1 Å². The minimum atomic E-state index is -3.55. The standard InChI is InChI=1S/C11H13O6P/c1-15-18(14)16-7-9-4-2-3-8(11(9)17-18)5-6-10(12)13/h2-4H,5-7H2,1H3,(H,12,13). The van der Waals surface area contributed by atoms with Crippen molar-refractivity contribution >= 4 is 13.8 Å². The van der Waals surface area contributed by atoms with Crippen LogP contribution in [0.25, 0.3) is 0 Å². The van der Waals surface area contributed by atoms with Crippen molar-refractivity contribution in [3.63, 3.8) is 0 Å². The number of hydrogen-bond donors (Lipinski definition) is 1. The fourth-order valence-electron chi connectivity index (χ4n) is 1.68. The Balaban J connectivity index is 2.28. The molecule has 6 nitrogen and oxygen atoms in total. The van der Waals surface area contributed by atoms with Crippen molar-refractivity contribution in [2.24, 2.45) is 0 Å². The molecule has 18 heavy (non-hydrogen) atoms. The number of para-hydroxylation sites is 1. The summed E-state index contributed by atoms with van der Waals surface area (Å²) in [6.45, 7) is 0.126. The molecule has 0 aliphatic carbocycles. The maximum Gasteiger partial charge on any atom is 0.530 e. The fraction of sp³-hybridized carbons (Fsp3) is 0.364. The molecule has 0 bridgehead atoms. The van der Waals surface area contributed by atoms with Gasteiger partial charge in [0.05, 0.1) is 6.61 Å². The Bertz CT molecular complexity index is 512.